The Labute approximate surface area is 101 Å². The second-order valence-electron chi connectivity index (χ2n) is 4.14. The first kappa shape index (κ1) is 12.1. The lowest BCUT2D eigenvalue weighted by molar-refractivity contribution is 0.597. The van der Waals surface area contributed by atoms with E-state index in [0.717, 1.165) is 16.5 Å². The molecule has 0 aliphatic heterocycles. The largest absolute Gasteiger partial charge is 0.361 e. The Morgan fingerprint density at radius 1 is 1.41 bits per heavy atom. The summed E-state index contributed by atoms with van der Waals surface area (Å²) in [5.74, 6) is 0.108. The molecule has 1 aromatic carbocycles. The topological polar surface area (TPSA) is 76.0 Å². The number of sulfone groups is 1. The first-order valence-corrected chi connectivity index (χ1v) is 7.20. The van der Waals surface area contributed by atoms with E-state index in [0.29, 0.717) is 4.90 Å². The van der Waals surface area contributed by atoms with Crippen molar-refractivity contribution in [2.75, 3.05) is 5.75 Å². The van der Waals surface area contributed by atoms with E-state index in [1.54, 1.807) is 25.1 Å². The molecule has 17 heavy (non-hydrogen) atoms. The van der Waals surface area contributed by atoms with E-state index in [4.69, 9.17) is 5.73 Å². The second kappa shape index (κ2) is 4.16. The first-order valence-electron chi connectivity index (χ1n) is 5.55. The molecular formula is C12H16N2O2S. The molecule has 0 fully saturated rings. The third-order valence-electron chi connectivity index (χ3n) is 2.91. The van der Waals surface area contributed by atoms with Crippen molar-refractivity contribution < 1.29 is 8.42 Å². The molecule has 1 unspecified atom stereocenters. The van der Waals surface area contributed by atoms with Gasteiger partial charge in [-0.05, 0) is 30.7 Å². The third kappa shape index (κ3) is 2.08. The summed E-state index contributed by atoms with van der Waals surface area (Å²) in [6.07, 6.45) is 1.83. The summed E-state index contributed by atoms with van der Waals surface area (Å²) in [6, 6.07) is 4.98. The summed E-state index contributed by atoms with van der Waals surface area (Å²) >= 11 is 0. The fraction of sp³-hybridized carbons (Fsp3) is 0.333. The standard InChI is InChI=1S/C12H16N2O2S/c1-3-17(15,16)9-4-5-12-10(6-9)11(7-14-12)8(2)13/h4-8,14H,3,13H2,1-2H3. The number of H-pyrrole nitrogens is 1. The number of nitrogens with two attached hydrogens (primary N) is 1. The van der Waals surface area contributed by atoms with Crippen LogP contribution in [0.2, 0.25) is 0 Å². The van der Waals surface area contributed by atoms with Crippen LogP contribution in [0.5, 0.6) is 0 Å². The number of nitrogens with one attached hydrogen (secondary N) is 1. The van der Waals surface area contributed by atoms with Gasteiger partial charge >= 0.3 is 0 Å². The minimum Gasteiger partial charge on any atom is -0.361 e. The van der Waals surface area contributed by atoms with Gasteiger partial charge in [0, 0.05) is 23.1 Å². The summed E-state index contributed by atoms with van der Waals surface area (Å²) in [4.78, 5) is 3.45. The van der Waals surface area contributed by atoms with E-state index < -0.39 is 9.84 Å². The maximum absolute atomic E-state index is 11.8. The van der Waals surface area contributed by atoms with E-state index in [9.17, 15) is 8.42 Å². The summed E-state index contributed by atoms with van der Waals surface area (Å²) in [5, 5.41) is 0.884. The maximum Gasteiger partial charge on any atom is 0.178 e. The first-order chi connectivity index (χ1) is 7.95. The van der Waals surface area contributed by atoms with Crippen molar-refractivity contribution >= 4 is 20.7 Å². The zero-order valence-electron chi connectivity index (χ0n) is 9.90. The Morgan fingerprint density at radius 2 is 2.12 bits per heavy atom. The number of hydrogen-bond acceptors (Lipinski definition) is 3. The quantitative estimate of drug-likeness (QED) is 0.877. The number of hydrogen-bond donors (Lipinski definition) is 2. The van der Waals surface area contributed by atoms with Crippen LogP contribution < -0.4 is 5.73 Å². The lowest BCUT2D eigenvalue weighted by atomic mass is 10.1. The van der Waals surface area contributed by atoms with Gasteiger partial charge in [0.15, 0.2) is 9.84 Å². The van der Waals surface area contributed by atoms with Gasteiger partial charge in [-0.1, -0.05) is 6.92 Å². The molecule has 1 heterocycles. The lowest BCUT2D eigenvalue weighted by Gasteiger charge is -2.05. The molecule has 0 spiro atoms. The predicted molar refractivity (Wildman–Crippen MR) is 68.6 cm³/mol. The van der Waals surface area contributed by atoms with Crippen molar-refractivity contribution in [2.24, 2.45) is 5.73 Å². The van der Waals surface area contributed by atoms with Crippen LogP contribution in [0.3, 0.4) is 0 Å². The zero-order chi connectivity index (χ0) is 12.6. The molecule has 0 aliphatic carbocycles. The predicted octanol–water partition coefficient (Wildman–Crippen LogP) is 1.98. The number of fused-ring (bicyclic) bond motifs is 1. The molecule has 0 amide bonds. The van der Waals surface area contributed by atoms with Crippen LogP contribution in [0.15, 0.2) is 29.3 Å². The fourth-order valence-electron chi connectivity index (χ4n) is 1.86. The molecule has 2 rings (SSSR count). The number of rotatable bonds is 3. The second-order valence-corrected chi connectivity index (χ2v) is 6.42. The van der Waals surface area contributed by atoms with E-state index in [2.05, 4.69) is 4.98 Å². The van der Waals surface area contributed by atoms with Gasteiger partial charge in [0.2, 0.25) is 0 Å². The van der Waals surface area contributed by atoms with Crippen LogP contribution in [0, 0.1) is 0 Å². The SMILES string of the molecule is CCS(=O)(=O)c1ccc2[nH]cc(C(C)N)c2c1. The Balaban J connectivity index is 2.68. The number of benzene rings is 1. The summed E-state index contributed by atoms with van der Waals surface area (Å²) < 4.78 is 23.6. The highest BCUT2D eigenvalue weighted by molar-refractivity contribution is 7.91. The maximum atomic E-state index is 11.8. The highest BCUT2D eigenvalue weighted by atomic mass is 32.2. The molecule has 1 atom stereocenters. The highest BCUT2D eigenvalue weighted by Gasteiger charge is 2.14. The van der Waals surface area contributed by atoms with Crippen molar-refractivity contribution in [2.45, 2.75) is 24.8 Å². The minimum atomic E-state index is -3.16. The zero-order valence-corrected chi connectivity index (χ0v) is 10.7. The third-order valence-corrected chi connectivity index (χ3v) is 4.65. The monoisotopic (exact) mass is 252 g/mol. The van der Waals surface area contributed by atoms with Crippen LogP contribution in [-0.4, -0.2) is 19.2 Å². The van der Waals surface area contributed by atoms with Crippen molar-refractivity contribution in [1.29, 1.82) is 0 Å². The summed E-state index contributed by atoms with van der Waals surface area (Å²) in [7, 11) is -3.16. The molecule has 92 valence electrons. The van der Waals surface area contributed by atoms with Crippen molar-refractivity contribution in [3.8, 4) is 0 Å². The van der Waals surface area contributed by atoms with Gasteiger partial charge in [0.1, 0.15) is 0 Å². The van der Waals surface area contributed by atoms with Gasteiger partial charge in [0.05, 0.1) is 10.6 Å². The summed E-state index contributed by atoms with van der Waals surface area (Å²) in [5.41, 5.74) is 7.69. The molecule has 0 bridgehead atoms. The molecule has 3 N–H and O–H groups in total. The van der Waals surface area contributed by atoms with Crippen molar-refractivity contribution in [1.82, 2.24) is 4.98 Å². The van der Waals surface area contributed by atoms with Crippen molar-refractivity contribution in [3.63, 3.8) is 0 Å². The number of aromatic nitrogens is 1. The lowest BCUT2D eigenvalue weighted by Crippen LogP contribution is -2.05. The number of aromatic amines is 1. The molecule has 2 aromatic rings. The molecule has 0 radical (unpaired) electrons. The van der Waals surface area contributed by atoms with Crippen LogP contribution in [0.25, 0.3) is 10.9 Å². The molecule has 5 heteroatoms. The molecule has 0 saturated heterocycles. The van der Waals surface area contributed by atoms with Crippen LogP contribution in [-0.2, 0) is 9.84 Å². The van der Waals surface area contributed by atoms with Gasteiger partial charge in [-0.2, -0.15) is 0 Å². The molecule has 4 nitrogen and oxygen atoms in total. The van der Waals surface area contributed by atoms with Gasteiger partial charge in [0.25, 0.3) is 0 Å². The van der Waals surface area contributed by atoms with Gasteiger partial charge in [-0.3, -0.25) is 0 Å². The molecule has 0 aliphatic rings. The average Bonchev–Trinajstić information content (AvgIpc) is 2.71. The van der Waals surface area contributed by atoms with Gasteiger partial charge < -0.3 is 10.7 Å². The minimum absolute atomic E-state index is 0.108. The Kier molecular flexibility index (Phi) is 2.97. The van der Waals surface area contributed by atoms with Crippen LogP contribution >= 0.6 is 0 Å². The average molecular weight is 252 g/mol. The highest BCUT2D eigenvalue weighted by Crippen LogP contribution is 2.25. The molecular weight excluding hydrogens is 236 g/mol. The smallest absolute Gasteiger partial charge is 0.178 e. The summed E-state index contributed by atoms with van der Waals surface area (Å²) in [6.45, 7) is 3.52. The van der Waals surface area contributed by atoms with E-state index in [1.165, 1.54) is 0 Å². The van der Waals surface area contributed by atoms with Gasteiger partial charge in [-0.25, -0.2) is 8.42 Å². The molecule has 1 aromatic heterocycles. The molecule has 0 saturated carbocycles. The van der Waals surface area contributed by atoms with Crippen molar-refractivity contribution in [3.05, 3.63) is 30.0 Å². The van der Waals surface area contributed by atoms with E-state index >= 15 is 0 Å². The Bertz CT molecular complexity index is 642. The van der Waals surface area contributed by atoms with Crippen LogP contribution in [0.1, 0.15) is 25.5 Å². The van der Waals surface area contributed by atoms with Gasteiger partial charge in [-0.15, -0.1) is 0 Å². The Morgan fingerprint density at radius 3 is 2.71 bits per heavy atom. The Hall–Kier alpha value is -1.33. The van der Waals surface area contributed by atoms with E-state index in [-0.39, 0.29) is 11.8 Å². The fourth-order valence-corrected chi connectivity index (χ4v) is 2.76. The normalized spacial score (nSPS) is 14.1. The van der Waals surface area contributed by atoms with Crippen LogP contribution in [0.4, 0.5) is 0 Å². The van der Waals surface area contributed by atoms with E-state index in [1.807, 2.05) is 13.1 Å².